The van der Waals surface area contributed by atoms with Gasteiger partial charge in [-0.25, -0.2) is 4.98 Å². The van der Waals surface area contributed by atoms with Gasteiger partial charge < -0.3 is 4.90 Å². The van der Waals surface area contributed by atoms with E-state index in [9.17, 15) is 4.79 Å². The summed E-state index contributed by atoms with van der Waals surface area (Å²) in [7, 11) is 3.92. The number of hydrogen-bond donors (Lipinski definition) is 0. The van der Waals surface area contributed by atoms with Crippen molar-refractivity contribution in [2.24, 2.45) is 18.9 Å². The summed E-state index contributed by atoms with van der Waals surface area (Å²) < 4.78 is 1.84. The summed E-state index contributed by atoms with van der Waals surface area (Å²) in [6.45, 7) is 3.97. The molecule has 0 unspecified atom stereocenters. The maximum absolute atomic E-state index is 12.2. The Labute approximate surface area is 132 Å². The molecule has 0 atom stereocenters. The van der Waals surface area contributed by atoms with Crippen LogP contribution in [0.1, 0.15) is 37.9 Å². The van der Waals surface area contributed by atoms with Gasteiger partial charge in [-0.1, -0.05) is 6.42 Å². The Bertz CT molecular complexity index is 502. The van der Waals surface area contributed by atoms with Gasteiger partial charge in [0.15, 0.2) is 0 Å². The predicted octanol–water partition coefficient (Wildman–Crippen LogP) is 1.29. The first-order valence-electron chi connectivity index (χ1n) is 8.43. The third kappa shape index (κ3) is 3.48. The number of hydrogen-bond acceptors (Lipinski definition) is 4. The van der Waals surface area contributed by atoms with E-state index in [-0.39, 0.29) is 0 Å². The summed E-state index contributed by atoms with van der Waals surface area (Å²) in [6.07, 6.45) is 7.37. The second kappa shape index (κ2) is 6.77. The molecule has 1 amide bonds. The highest BCUT2D eigenvalue weighted by molar-refractivity contribution is 5.79. The lowest BCUT2D eigenvalue weighted by Gasteiger charge is -2.35. The highest BCUT2D eigenvalue weighted by Gasteiger charge is 2.29. The molecule has 1 aromatic rings. The van der Waals surface area contributed by atoms with E-state index in [1.165, 1.54) is 19.3 Å². The van der Waals surface area contributed by atoms with Crippen LogP contribution in [0.5, 0.6) is 0 Å². The molecule has 22 heavy (non-hydrogen) atoms. The maximum Gasteiger partial charge on any atom is 0.225 e. The first-order valence-corrected chi connectivity index (χ1v) is 8.43. The molecule has 2 heterocycles. The van der Waals surface area contributed by atoms with Crippen molar-refractivity contribution in [2.45, 2.75) is 38.6 Å². The van der Waals surface area contributed by atoms with E-state index in [0.29, 0.717) is 17.7 Å². The molecule has 122 valence electrons. The molecule has 1 aliphatic carbocycles. The van der Waals surface area contributed by atoms with Crippen molar-refractivity contribution in [2.75, 3.05) is 26.7 Å². The molecule has 0 bridgehead atoms. The third-order valence-corrected chi connectivity index (χ3v) is 5.24. The van der Waals surface area contributed by atoms with Crippen LogP contribution in [0.25, 0.3) is 0 Å². The Morgan fingerprint density at radius 2 is 2.05 bits per heavy atom. The summed E-state index contributed by atoms with van der Waals surface area (Å²) in [6, 6.07) is 0. The number of aromatic nitrogens is 3. The van der Waals surface area contributed by atoms with E-state index in [0.717, 1.165) is 44.8 Å². The van der Waals surface area contributed by atoms with E-state index >= 15 is 0 Å². The van der Waals surface area contributed by atoms with Crippen LogP contribution in [0.3, 0.4) is 0 Å². The van der Waals surface area contributed by atoms with Crippen molar-refractivity contribution in [1.29, 1.82) is 0 Å². The smallest absolute Gasteiger partial charge is 0.225 e. The Balaban J connectivity index is 1.41. The van der Waals surface area contributed by atoms with Crippen LogP contribution in [-0.4, -0.2) is 57.2 Å². The second-order valence-corrected chi connectivity index (χ2v) is 6.87. The molecule has 0 N–H and O–H groups in total. The summed E-state index contributed by atoms with van der Waals surface area (Å²) in [4.78, 5) is 20.9. The molecule has 2 aliphatic rings. The Kier molecular flexibility index (Phi) is 4.76. The number of piperidine rings is 1. The number of rotatable bonds is 5. The lowest BCUT2D eigenvalue weighted by atomic mass is 9.84. The first kappa shape index (κ1) is 15.5. The molecule has 6 nitrogen and oxygen atoms in total. The van der Waals surface area contributed by atoms with Crippen molar-refractivity contribution >= 4 is 5.91 Å². The molecule has 0 spiro atoms. The number of nitrogens with zero attached hydrogens (tertiary/aromatic N) is 5. The molecule has 1 saturated heterocycles. The summed E-state index contributed by atoms with van der Waals surface area (Å²) in [5, 5.41) is 4.12. The lowest BCUT2D eigenvalue weighted by molar-refractivity contribution is -0.137. The van der Waals surface area contributed by atoms with Gasteiger partial charge in [0.25, 0.3) is 0 Å². The molecule has 6 heteroatoms. The molecule has 1 aliphatic heterocycles. The zero-order valence-electron chi connectivity index (χ0n) is 13.7. The number of carbonyl (C=O) groups excluding carboxylic acids is 1. The quantitative estimate of drug-likeness (QED) is 0.822. The summed E-state index contributed by atoms with van der Waals surface area (Å²) in [5.74, 6) is 2.36. The fraction of sp³-hybridized carbons (Fsp3) is 0.812. The largest absolute Gasteiger partial charge is 0.345 e. The van der Waals surface area contributed by atoms with Gasteiger partial charge in [0.1, 0.15) is 12.2 Å². The normalized spacial score (nSPS) is 20.8. The Morgan fingerprint density at radius 1 is 1.32 bits per heavy atom. The molecule has 0 aromatic carbocycles. The molecule has 1 saturated carbocycles. The van der Waals surface area contributed by atoms with E-state index < -0.39 is 0 Å². The van der Waals surface area contributed by atoms with E-state index in [2.05, 4.69) is 15.0 Å². The maximum atomic E-state index is 12.2. The molecular formula is C16H27N5O. The molecule has 1 aromatic heterocycles. The summed E-state index contributed by atoms with van der Waals surface area (Å²) >= 11 is 0. The minimum absolute atomic E-state index is 0.320. The van der Waals surface area contributed by atoms with Crippen LogP contribution in [0.2, 0.25) is 0 Å². The lowest BCUT2D eigenvalue weighted by Crippen LogP contribution is -2.42. The van der Waals surface area contributed by atoms with Crippen molar-refractivity contribution in [3.05, 3.63) is 12.2 Å². The van der Waals surface area contributed by atoms with Crippen LogP contribution in [0.4, 0.5) is 0 Å². The monoisotopic (exact) mass is 305 g/mol. The van der Waals surface area contributed by atoms with Gasteiger partial charge in [-0.3, -0.25) is 14.4 Å². The van der Waals surface area contributed by atoms with Gasteiger partial charge in [-0.05, 0) is 44.7 Å². The van der Waals surface area contributed by atoms with Gasteiger partial charge in [0.05, 0.1) is 6.54 Å². The number of amides is 1. The van der Waals surface area contributed by atoms with Gasteiger partial charge in [0.2, 0.25) is 5.91 Å². The van der Waals surface area contributed by atoms with Crippen molar-refractivity contribution in [3.63, 3.8) is 0 Å². The molecule has 2 fully saturated rings. The fourth-order valence-electron chi connectivity index (χ4n) is 3.43. The number of carbonyl (C=O) groups is 1. The highest BCUT2D eigenvalue weighted by Crippen LogP contribution is 2.28. The van der Waals surface area contributed by atoms with E-state index in [1.54, 1.807) is 6.33 Å². The number of likely N-dealkylation sites (tertiary alicyclic amines) is 1. The summed E-state index contributed by atoms with van der Waals surface area (Å²) in [5.41, 5.74) is 0. The van der Waals surface area contributed by atoms with Crippen LogP contribution in [0.15, 0.2) is 6.33 Å². The van der Waals surface area contributed by atoms with Gasteiger partial charge in [-0.2, -0.15) is 5.10 Å². The highest BCUT2D eigenvalue weighted by atomic mass is 16.2. The van der Waals surface area contributed by atoms with Gasteiger partial charge in [-0.15, -0.1) is 0 Å². The third-order valence-electron chi connectivity index (χ3n) is 5.24. The predicted molar refractivity (Wildman–Crippen MR) is 84.0 cm³/mol. The molecule has 0 radical (unpaired) electrons. The standard InChI is InChI=1S/C16H27N5O/c1-19(16(22)14-4-3-5-14)10-13-6-8-21(9-7-13)11-15-17-12-18-20(15)2/h12-14H,3-11H2,1-2H3. The van der Waals surface area contributed by atoms with E-state index in [4.69, 9.17) is 0 Å². The van der Waals surface area contributed by atoms with E-state index in [1.807, 2.05) is 23.7 Å². The minimum atomic E-state index is 0.320. The van der Waals surface area contributed by atoms with Crippen LogP contribution < -0.4 is 0 Å². The first-order chi connectivity index (χ1) is 10.6. The van der Waals surface area contributed by atoms with Gasteiger partial charge >= 0.3 is 0 Å². The van der Waals surface area contributed by atoms with Crippen LogP contribution >= 0.6 is 0 Å². The molecule has 3 rings (SSSR count). The fourth-order valence-corrected chi connectivity index (χ4v) is 3.43. The van der Waals surface area contributed by atoms with Crippen molar-refractivity contribution in [3.8, 4) is 0 Å². The Morgan fingerprint density at radius 3 is 2.59 bits per heavy atom. The second-order valence-electron chi connectivity index (χ2n) is 6.87. The average molecular weight is 305 g/mol. The van der Waals surface area contributed by atoms with Crippen molar-refractivity contribution in [1.82, 2.24) is 24.6 Å². The zero-order chi connectivity index (χ0) is 15.5. The SMILES string of the molecule is CN(CC1CCN(Cc2ncnn2C)CC1)C(=O)C1CCC1. The van der Waals surface area contributed by atoms with Crippen LogP contribution in [-0.2, 0) is 18.4 Å². The van der Waals surface area contributed by atoms with Gasteiger partial charge in [0, 0.05) is 26.6 Å². The average Bonchev–Trinajstić information content (AvgIpc) is 2.84. The molecular weight excluding hydrogens is 278 g/mol. The minimum Gasteiger partial charge on any atom is -0.345 e. The number of aryl methyl sites for hydroxylation is 1. The topological polar surface area (TPSA) is 54.3 Å². The van der Waals surface area contributed by atoms with Crippen LogP contribution in [0, 0.1) is 11.8 Å². The zero-order valence-corrected chi connectivity index (χ0v) is 13.7. The Hall–Kier alpha value is -1.43. The van der Waals surface area contributed by atoms with Crippen molar-refractivity contribution < 1.29 is 4.79 Å².